The topological polar surface area (TPSA) is 85.8 Å². The number of nitrogens with zero attached hydrogens (tertiary/aromatic N) is 3. The molecular formula is C15H10Cl2FN5O. The Hall–Kier alpha value is -2.64. The Labute approximate surface area is 146 Å². The van der Waals surface area contributed by atoms with Crippen LogP contribution >= 0.6 is 23.2 Å². The second-order valence-electron chi connectivity index (χ2n) is 4.77. The van der Waals surface area contributed by atoms with E-state index in [-0.39, 0.29) is 17.2 Å². The predicted octanol–water partition coefficient (Wildman–Crippen LogP) is 3.55. The number of anilines is 2. The van der Waals surface area contributed by atoms with Crippen LogP contribution in [0.4, 0.5) is 15.9 Å². The Balaban J connectivity index is 1.91. The van der Waals surface area contributed by atoms with Crippen molar-refractivity contribution in [1.82, 2.24) is 15.0 Å². The Morgan fingerprint density at radius 3 is 2.62 bits per heavy atom. The van der Waals surface area contributed by atoms with Crippen LogP contribution in [0, 0.1) is 5.82 Å². The van der Waals surface area contributed by atoms with Crippen molar-refractivity contribution >= 4 is 40.6 Å². The van der Waals surface area contributed by atoms with Gasteiger partial charge in [0.15, 0.2) is 11.5 Å². The van der Waals surface area contributed by atoms with Crippen LogP contribution in [0.3, 0.4) is 0 Å². The van der Waals surface area contributed by atoms with Gasteiger partial charge in [-0.15, -0.1) is 5.10 Å². The summed E-state index contributed by atoms with van der Waals surface area (Å²) in [6.07, 6.45) is 0. The minimum absolute atomic E-state index is 0.0118. The maximum absolute atomic E-state index is 13.6. The van der Waals surface area contributed by atoms with Crippen LogP contribution in [-0.4, -0.2) is 20.9 Å². The van der Waals surface area contributed by atoms with Crippen LogP contribution in [0.2, 0.25) is 10.0 Å². The molecule has 2 aromatic carbocycles. The Morgan fingerprint density at radius 2 is 1.92 bits per heavy atom. The first-order valence-corrected chi connectivity index (χ1v) is 7.45. The fourth-order valence-corrected chi connectivity index (χ4v) is 2.29. The van der Waals surface area contributed by atoms with Crippen molar-refractivity contribution in [3.8, 4) is 5.69 Å². The number of nitrogen functional groups attached to an aromatic ring is 1. The monoisotopic (exact) mass is 365 g/mol. The molecular weight excluding hydrogens is 356 g/mol. The number of nitrogens with one attached hydrogen (secondary N) is 1. The van der Waals surface area contributed by atoms with Gasteiger partial charge in [0.25, 0.3) is 5.91 Å². The molecule has 1 amide bonds. The molecule has 0 aliphatic heterocycles. The number of benzene rings is 2. The summed E-state index contributed by atoms with van der Waals surface area (Å²) in [5.41, 5.74) is 6.29. The van der Waals surface area contributed by atoms with E-state index in [0.717, 1.165) is 0 Å². The standard InChI is InChI=1S/C15H10Cl2FN5O/c16-9-6-5-8(7-10(9)17)23-14(19)13(21-22-23)15(24)20-12-4-2-1-3-11(12)18/h1-7H,19H2,(H,20,24). The summed E-state index contributed by atoms with van der Waals surface area (Å²) in [6.45, 7) is 0. The van der Waals surface area contributed by atoms with Crippen LogP contribution in [0.25, 0.3) is 5.69 Å². The van der Waals surface area contributed by atoms with Gasteiger partial charge >= 0.3 is 0 Å². The summed E-state index contributed by atoms with van der Waals surface area (Å²) in [6, 6.07) is 10.5. The highest BCUT2D eigenvalue weighted by Gasteiger charge is 2.19. The van der Waals surface area contributed by atoms with Gasteiger partial charge in [0, 0.05) is 0 Å². The molecule has 0 aliphatic rings. The van der Waals surface area contributed by atoms with Crippen molar-refractivity contribution in [2.75, 3.05) is 11.1 Å². The van der Waals surface area contributed by atoms with Crippen molar-refractivity contribution in [2.24, 2.45) is 0 Å². The Morgan fingerprint density at radius 1 is 1.17 bits per heavy atom. The fraction of sp³-hybridized carbons (Fsp3) is 0. The summed E-state index contributed by atoms with van der Waals surface area (Å²) in [5, 5.41) is 10.6. The average Bonchev–Trinajstić information content (AvgIpc) is 2.94. The molecule has 3 rings (SSSR count). The maximum Gasteiger partial charge on any atom is 0.280 e. The molecule has 0 aliphatic carbocycles. The average molecular weight is 366 g/mol. The lowest BCUT2D eigenvalue weighted by molar-refractivity contribution is 0.102. The van der Waals surface area contributed by atoms with Gasteiger partial charge in [-0.05, 0) is 30.3 Å². The van der Waals surface area contributed by atoms with Gasteiger partial charge in [0.2, 0.25) is 0 Å². The zero-order valence-corrected chi connectivity index (χ0v) is 13.5. The summed E-state index contributed by atoms with van der Waals surface area (Å²) < 4.78 is 14.8. The van der Waals surface area contributed by atoms with Crippen LogP contribution in [-0.2, 0) is 0 Å². The molecule has 1 aromatic heterocycles. The first kappa shape index (κ1) is 16.2. The Kier molecular flexibility index (Phi) is 4.37. The lowest BCUT2D eigenvalue weighted by atomic mass is 10.3. The number of halogens is 3. The quantitative estimate of drug-likeness (QED) is 0.742. The van der Waals surface area contributed by atoms with Gasteiger partial charge in [-0.2, -0.15) is 4.68 Å². The van der Waals surface area contributed by atoms with Crippen molar-refractivity contribution in [1.29, 1.82) is 0 Å². The number of carbonyl (C=O) groups excluding carboxylic acids is 1. The SMILES string of the molecule is Nc1c(C(=O)Nc2ccccc2F)nnn1-c1ccc(Cl)c(Cl)c1. The van der Waals surface area contributed by atoms with Gasteiger partial charge in [0.1, 0.15) is 5.82 Å². The molecule has 0 spiro atoms. The molecule has 0 atom stereocenters. The number of aromatic nitrogens is 3. The molecule has 0 unspecified atom stereocenters. The van der Waals surface area contributed by atoms with E-state index in [4.69, 9.17) is 28.9 Å². The van der Waals surface area contributed by atoms with E-state index in [2.05, 4.69) is 15.6 Å². The van der Waals surface area contributed by atoms with Crippen LogP contribution < -0.4 is 11.1 Å². The highest BCUT2D eigenvalue weighted by Crippen LogP contribution is 2.26. The molecule has 9 heteroatoms. The smallest absolute Gasteiger partial charge is 0.280 e. The molecule has 122 valence electrons. The number of rotatable bonds is 3. The lowest BCUT2D eigenvalue weighted by Gasteiger charge is -2.06. The third kappa shape index (κ3) is 3.04. The molecule has 0 saturated carbocycles. The number of hydrogen-bond acceptors (Lipinski definition) is 4. The van der Waals surface area contributed by atoms with E-state index in [1.807, 2.05) is 0 Å². The van der Waals surface area contributed by atoms with Crippen LogP contribution in [0.5, 0.6) is 0 Å². The van der Waals surface area contributed by atoms with Gasteiger partial charge in [0.05, 0.1) is 21.4 Å². The largest absolute Gasteiger partial charge is 0.382 e. The second kappa shape index (κ2) is 6.46. The number of para-hydroxylation sites is 1. The summed E-state index contributed by atoms with van der Waals surface area (Å²) in [5.74, 6) is -1.26. The van der Waals surface area contributed by atoms with E-state index < -0.39 is 11.7 Å². The van der Waals surface area contributed by atoms with E-state index >= 15 is 0 Å². The molecule has 0 saturated heterocycles. The molecule has 0 bridgehead atoms. The van der Waals surface area contributed by atoms with E-state index in [0.29, 0.717) is 15.7 Å². The number of hydrogen-bond donors (Lipinski definition) is 2. The van der Waals surface area contributed by atoms with Crippen molar-refractivity contribution in [2.45, 2.75) is 0 Å². The second-order valence-corrected chi connectivity index (χ2v) is 5.58. The van der Waals surface area contributed by atoms with Crippen LogP contribution in [0.1, 0.15) is 10.5 Å². The number of carbonyl (C=O) groups is 1. The number of nitrogens with two attached hydrogens (primary N) is 1. The normalized spacial score (nSPS) is 10.6. The molecule has 3 aromatic rings. The zero-order valence-electron chi connectivity index (χ0n) is 12.0. The van der Waals surface area contributed by atoms with Gasteiger partial charge in [-0.1, -0.05) is 40.5 Å². The van der Waals surface area contributed by atoms with E-state index in [1.54, 1.807) is 18.2 Å². The first-order valence-electron chi connectivity index (χ1n) is 6.70. The molecule has 0 radical (unpaired) electrons. The minimum Gasteiger partial charge on any atom is -0.382 e. The molecule has 3 N–H and O–H groups in total. The summed E-state index contributed by atoms with van der Waals surface area (Å²) in [7, 11) is 0. The van der Waals surface area contributed by atoms with E-state index in [9.17, 15) is 9.18 Å². The zero-order chi connectivity index (χ0) is 17.3. The molecule has 1 heterocycles. The molecule has 6 nitrogen and oxygen atoms in total. The van der Waals surface area contributed by atoms with Gasteiger partial charge in [-0.3, -0.25) is 4.79 Å². The lowest BCUT2D eigenvalue weighted by Crippen LogP contribution is -2.15. The fourth-order valence-electron chi connectivity index (χ4n) is 2.00. The predicted molar refractivity (Wildman–Crippen MR) is 90.1 cm³/mol. The van der Waals surface area contributed by atoms with Crippen molar-refractivity contribution in [3.63, 3.8) is 0 Å². The van der Waals surface area contributed by atoms with Crippen LogP contribution in [0.15, 0.2) is 42.5 Å². The third-order valence-corrected chi connectivity index (χ3v) is 3.93. The van der Waals surface area contributed by atoms with Crippen molar-refractivity contribution < 1.29 is 9.18 Å². The Bertz CT molecular complexity index is 928. The first-order chi connectivity index (χ1) is 11.5. The van der Waals surface area contributed by atoms with Gasteiger partial charge in [-0.25, -0.2) is 4.39 Å². The minimum atomic E-state index is -0.677. The van der Waals surface area contributed by atoms with E-state index in [1.165, 1.54) is 28.9 Å². The number of amides is 1. The highest BCUT2D eigenvalue weighted by molar-refractivity contribution is 6.42. The molecule has 24 heavy (non-hydrogen) atoms. The maximum atomic E-state index is 13.6. The highest BCUT2D eigenvalue weighted by atomic mass is 35.5. The summed E-state index contributed by atoms with van der Waals surface area (Å²) >= 11 is 11.8. The van der Waals surface area contributed by atoms with Gasteiger partial charge < -0.3 is 11.1 Å². The molecule has 0 fully saturated rings. The summed E-state index contributed by atoms with van der Waals surface area (Å²) in [4.78, 5) is 12.2. The van der Waals surface area contributed by atoms with Crippen molar-refractivity contribution in [3.05, 3.63) is 64.0 Å². The third-order valence-electron chi connectivity index (χ3n) is 3.19.